The predicted molar refractivity (Wildman–Crippen MR) is 129 cm³/mol. The summed E-state index contributed by atoms with van der Waals surface area (Å²) in [7, 11) is 0. The normalized spacial score (nSPS) is 18.9. The fourth-order valence-corrected chi connectivity index (χ4v) is 4.56. The second-order valence-electron chi connectivity index (χ2n) is 8.69. The molecule has 1 aliphatic carbocycles. The van der Waals surface area contributed by atoms with E-state index in [9.17, 15) is 14.4 Å². The van der Waals surface area contributed by atoms with Gasteiger partial charge in [-0.3, -0.25) is 9.59 Å². The summed E-state index contributed by atoms with van der Waals surface area (Å²) in [6.45, 7) is 2.09. The second-order valence-corrected chi connectivity index (χ2v) is 9.09. The molecule has 1 fully saturated rings. The lowest BCUT2D eigenvalue weighted by atomic mass is 9.82. The molecule has 1 aliphatic rings. The lowest BCUT2D eigenvalue weighted by Crippen LogP contribution is -2.39. The maximum atomic E-state index is 12.6. The molecule has 2 N–H and O–H groups in total. The van der Waals surface area contributed by atoms with Crippen LogP contribution in [0.25, 0.3) is 22.1 Å². The number of fused-ring (bicyclic) bond motifs is 1. The van der Waals surface area contributed by atoms with Gasteiger partial charge < -0.3 is 19.6 Å². The minimum absolute atomic E-state index is 0.243. The third kappa shape index (κ3) is 5.42. The predicted octanol–water partition coefficient (Wildman–Crippen LogP) is 4.89. The van der Waals surface area contributed by atoms with E-state index in [0.717, 1.165) is 18.4 Å². The molecule has 0 bridgehead atoms. The third-order valence-electron chi connectivity index (χ3n) is 6.32. The number of benzene rings is 2. The van der Waals surface area contributed by atoms with E-state index in [-0.39, 0.29) is 23.5 Å². The number of carboxylic acids is 1. The largest absolute Gasteiger partial charge is 0.481 e. The maximum Gasteiger partial charge on any atom is 0.336 e. The van der Waals surface area contributed by atoms with Crippen LogP contribution < -0.4 is 15.7 Å². The molecule has 0 radical (unpaired) electrons. The van der Waals surface area contributed by atoms with Crippen molar-refractivity contribution in [2.75, 3.05) is 6.54 Å². The molecule has 2 aromatic carbocycles. The molecule has 1 heterocycles. The number of carbonyl (C=O) groups is 2. The van der Waals surface area contributed by atoms with Gasteiger partial charge in [0.1, 0.15) is 11.3 Å². The summed E-state index contributed by atoms with van der Waals surface area (Å²) in [6.07, 6.45) is 1.97. The first-order valence-corrected chi connectivity index (χ1v) is 11.7. The summed E-state index contributed by atoms with van der Waals surface area (Å²) < 4.78 is 11.2. The third-order valence-corrected chi connectivity index (χ3v) is 6.61. The summed E-state index contributed by atoms with van der Waals surface area (Å²) in [5, 5.41) is 13.0. The van der Waals surface area contributed by atoms with E-state index in [1.807, 2.05) is 30.3 Å². The number of carboxylic acid groups (broad SMARTS) is 1. The maximum absolute atomic E-state index is 12.6. The summed E-state index contributed by atoms with van der Waals surface area (Å²) >= 11 is 6.46. The molecule has 1 amide bonds. The van der Waals surface area contributed by atoms with Gasteiger partial charge in [-0.15, -0.1) is 0 Å². The van der Waals surface area contributed by atoms with Crippen LogP contribution in [-0.4, -0.2) is 29.6 Å². The Morgan fingerprint density at radius 3 is 2.53 bits per heavy atom. The molecule has 0 spiro atoms. The molecular weight excluding hydrogens is 458 g/mol. The highest BCUT2D eigenvalue weighted by Gasteiger charge is 2.27. The fraction of sp³-hybridized carbons (Fsp3) is 0.346. The van der Waals surface area contributed by atoms with E-state index in [1.165, 1.54) is 12.1 Å². The molecule has 34 heavy (non-hydrogen) atoms. The molecule has 178 valence electrons. The van der Waals surface area contributed by atoms with Crippen LogP contribution in [0.5, 0.6) is 5.75 Å². The first-order valence-electron chi connectivity index (χ1n) is 11.3. The Morgan fingerprint density at radius 2 is 1.85 bits per heavy atom. The molecule has 3 aromatic rings. The van der Waals surface area contributed by atoms with Crippen molar-refractivity contribution < 1.29 is 23.8 Å². The van der Waals surface area contributed by atoms with Crippen molar-refractivity contribution in [1.82, 2.24) is 5.32 Å². The van der Waals surface area contributed by atoms with Crippen molar-refractivity contribution in [3.63, 3.8) is 0 Å². The van der Waals surface area contributed by atoms with E-state index in [4.69, 9.17) is 25.9 Å². The number of nitrogens with one attached hydrogen (secondary N) is 1. The number of rotatable bonds is 7. The van der Waals surface area contributed by atoms with Gasteiger partial charge >= 0.3 is 11.6 Å². The summed E-state index contributed by atoms with van der Waals surface area (Å²) in [6, 6.07) is 14.1. The van der Waals surface area contributed by atoms with Crippen LogP contribution in [0.3, 0.4) is 0 Å². The molecule has 0 saturated heterocycles. The van der Waals surface area contributed by atoms with E-state index in [0.29, 0.717) is 40.9 Å². The quantitative estimate of drug-likeness (QED) is 0.463. The molecular formula is C26H26ClNO6. The van der Waals surface area contributed by atoms with Gasteiger partial charge in [0, 0.05) is 24.1 Å². The Labute approximate surface area is 201 Å². The first kappa shape index (κ1) is 23.8. The standard InChI is InChI=1S/C26H26ClNO6/c1-15(25(30)28-14-16-7-9-18(10-8-16)26(31)32)33-23-13-22-20(11-21(23)27)19(12-24(29)34-22)17-5-3-2-4-6-17/h2-6,11-13,15-16,18H,7-10,14H2,1H3,(H,28,30)(H,31,32)/t15?,16-,18-. The number of aliphatic carboxylic acids is 1. The van der Waals surface area contributed by atoms with E-state index >= 15 is 0 Å². The zero-order valence-electron chi connectivity index (χ0n) is 18.8. The molecule has 7 nitrogen and oxygen atoms in total. The van der Waals surface area contributed by atoms with E-state index in [2.05, 4.69) is 5.32 Å². The zero-order valence-corrected chi connectivity index (χ0v) is 19.5. The Balaban J connectivity index is 1.44. The zero-order chi connectivity index (χ0) is 24.2. The monoisotopic (exact) mass is 483 g/mol. The Kier molecular flexibility index (Phi) is 7.22. The number of ether oxygens (including phenoxy) is 1. The van der Waals surface area contributed by atoms with Crippen molar-refractivity contribution in [3.05, 3.63) is 64.0 Å². The molecule has 8 heteroatoms. The van der Waals surface area contributed by atoms with Crippen molar-refractivity contribution in [3.8, 4) is 16.9 Å². The van der Waals surface area contributed by atoms with Gasteiger partial charge in [0.05, 0.1) is 10.9 Å². The lowest BCUT2D eigenvalue weighted by Gasteiger charge is -2.26. The van der Waals surface area contributed by atoms with Crippen LogP contribution in [0.15, 0.2) is 57.7 Å². The summed E-state index contributed by atoms with van der Waals surface area (Å²) in [5.74, 6) is -0.833. The molecule has 1 atom stereocenters. The first-order chi connectivity index (χ1) is 16.3. The SMILES string of the molecule is CC(Oc1cc2oc(=O)cc(-c3ccccc3)c2cc1Cl)C(=O)NC[C@H]1CC[C@H](C(=O)O)CC1. The van der Waals surface area contributed by atoms with Gasteiger partial charge in [-0.05, 0) is 55.7 Å². The van der Waals surface area contributed by atoms with Gasteiger partial charge in [0.15, 0.2) is 6.10 Å². The van der Waals surface area contributed by atoms with Crippen LogP contribution >= 0.6 is 11.6 Å². The van der Waals surface area contributed by atoms with Crippen LogP contribution in [0.4, 0.5) is 0 Å². The summed E-state index contributed by atoms with van der Waals surface area (Å²) in [4.78, 5) is 35.8. The van der Waals surface area contributed by atoms with E-state index in [1.54, 1.807) is 13.0 Å². The highest BCUT2D eigenvalue weighted by Crippen LogP contribution is 2.35. The topological polar surface area (TPSA) is 106 Å². The van der Waals surface area contributed by atoms with Gasteiger partial charge in [-0.2, -0.15) is 0 Å². The van der Waals surface area contributed by atoms with Gasteiger partial charge in [-0.25, -0.2) is 4.79 Å². The number of amides is 1. The van der Waals surface area contributed by atoms with Crippen LogP contribution in [0.1, 0.15) is 32.6 Å². The lowest BCUT2D eigenvalue weighted by molar-refractivity contribution is -0.143. The molecule has 1 saturated carbocycles. The van der Waals surface area contributed by atoms with Crippen molar-refractivity contribution >= 4 is 34.4 Å². The Bertz CT molecular complexity index is 1250. The fourth-order valence-electron chi connectivity index (χ4n) is 4.36. The van der Waals surface area contributed by atoms with Crippen LogP contribution in [-0.2, 0) is 9.59 Å². The van der Waals surface area contributed by atoms with E-state index < -0.39 is 17.7 Å². The number of hydrogen-bond donors (Lipinski definition) is 2. The minimum atomic E-state index is -0.825. The highest BCUT2D eigenvalue weighted by molar-refractivity contribution is 6.33. The molecule has 4 rings (SSSR count). The minimum Gasteiger partial charge on any atom is -0.481 e. The average Bonchev–Trinajstić information content (AvgIpc) is 2.83. The molecule has 0 aliphatic heterocycles. The number of carbonyl (C=O) groups excluding carboxylic acids is 1. The van der Waals surface area contributed by atoms with Gasteiger partial charge in [0.2, 0.25) is 0 Å². The van der Waals surface area contributed by atoms with Crippen molar-refractivity contribution in [2.24, 2.45) is 11.8 Å². The molecule has 1 aromatic heterocycles. The summed E-state index contributed by atoms with van der Waals surface area (Å²) in [5.41, 5.74) is 1.37. The average molecular weight is 484 g/mol. The Hall–Kier alpha value is -3.32. The van der Waals surface area contributed by atoms with Crippen molar-refractivity contribution in [1.29, 1.82) is 0 Å². The van der Waals surface area contributed by atoms with Gasteiger partial charge in [0.25, 0.3) is 5.91 Å². The van der Waals surface area contributed by atoms with Crippen LogP contribution in [0.2, 0.25) is 5.02 Å². The molecule has 1 unspecified atom stereocenters. The smallest absolute Gasteiger partial charge is 0.336 e. The van der Waals surface area contributed by atoms with Gasteiger partial charge in [-0.1, -0.05) is 41.9 Å². The highest BCUT2D eigenvalue weighted by atomic mass is 35.5. The van der Waals surface area contributed by atoms with Crippen LogP contribution in [0, 0.1) is 11.8 Å². The van der Waals surface area contributed by atoms with Crippen molar-refractivity contribution in [2.45, 2.75) is 38.7 Å². The second kappa shape index (κ2) is 10.3. The number of halogens is 1. The number of hydrogen-bond acceptors (Lipinski definition) is 5. The Morgan fingerprint density at radius 1 is 1.15 bits per heavy atom.